The number of fused-ring (bicyclic) bond motifs is 1. The Balaban J connectivity index is 1.58. The Hall–Kier alpha value is -4.08. The van der Waals surface area contributed by atoms with E-state index in [1.807, 2.05) is 0 Å². The number of halogens is 3. The third-order valence-corrected chi connectivity index (χ3v) is 5.04. The van der Waals surface area contributed by atoms with Gasteiger partial charge in [-0.1, -0.05) is 42.5 Å². The molecule has 1 N–H and O–H groups in total. The van der Waals surface area contributed by atoms with E-state index < -0.39 is 43.0 Å². The standard InChI is InChI=1S/C23H17F3N2O5/c24-23(25,26)18-12-19(29)27-16-8-4-5-9-17(16)28(18)20(30)13-33-22(31)21-15(10-11-32-21)14-6-2-1-3-7-14/h1-11,18H,12-13H2,(H,27,29). The molecule has 33 heavy (non-hydrogen) atoms. The Morgan fingerprint density at radius 3 is 2.48 bits per heavy atom. The highest BCUT2D eigenvalue weighted by atomic mass is 19.4. The molecule has 0 radical (unpaired) electrons. The van der Waals surface area contributed by atoms with Crippen molar-refractivity contribution in [2.75, 3.05) is 16.8 Å². The second-order valence-electron chi connectivity index (χ2n) is 7.20. The summed E-state index contributed by atoms with van der Waals surface area (Å²) in [4.78, 5) is 37.9. The molecule has 1 unspecified atom stereocenters. The molecular formula is C23H17F3N2O5. The van der Waals surface area contributed by atoms with E-state index in [4.69, 9.17) is 9.15 Å². The Morgan fingerprint density at radius 2 is 1.76 bits per heavy atom. The first-order chi connectivity index (χ1) is 15.8. The van der Waals surface area contributed by atoms with Crippen LogP contribution in [0.15, 0.2) is 71.3 Å². The topological polar surface area (TPSA) is 88.8 Å². The number of carbonyl (C=O) groups excluding carboxylic acids is 3. The Bertz CT molecular complexity index is 1190. The summed E-state index contributed by atoms with van der Waals surface area (Å²) < 4.78 is 51.5. The Kier molecular flexibility index (Phi) is 5.91. The van der Waals surface area contributed by atoms with Crippen LogP contribution in [0.2, 0.25) is 0 Å². The minimum absolute atomic E-state index is 0.0475. The van der Waals surface area contributed by atoms with Crippen molar-refractivity contribution in [2.45, 2.75) is 18.6 Å². The van der Waals surface area contributed by atoms with Crippen molar-refractivity contribution < 1.29 is 36.7 Å². The van der Waals surface area contributed by atoms with Gasteiger partial charge in [0.05, 0.1) is 24.1 Å². The number of nitrogens with one attached hydrogen (secondary N) is 1. The van der Waals surface area contributed by atoms with Crippen LogP contribution >= 0.6 is 0 Å². The number of nitrogens with zero attached hydrogens (tertiary/aromatic N) is 1. The fraction of sp³-hybridized carbons (Fsp3) is 0.174. The normalized spacial score (nSPS) is 15.9. The summed E-state index contributed by atoms with van der Waals surface area (Å²) in [7, 11) is 0. The fourth-order valence-electron chi connectivity index (χ4n) is 3.57. The summed E-state index contributed by atoms with van der Waals surface area (Å²) in [6, 6.07) is 13.5. The molecule has 1 atom stereocenters. The third kappa shape index (κ3) is 4.59. The minimum atomic E-state index is -4.89. The number of alkyl halides is 3. The summed E-state index contributed by atoms with van der Waals surface area (Å²) in [6.07, 6.45) is -4.62. The quantitative estimate of drug-likeness (QED) is 0.585. The molecule has 2 aromatic carbocycles. The number of amides is 2. The highest BCUT2D eigenvalue weighted by molar-refractivity contribution is 6.05. The van der Waals surface area contributed by atoms with Crippen LogP contribution in [0.1, 0.15) is 17.0 Å². The lowest BCUT2D eigenvalue weighted by molar-refractivity contribution is -0.158. The van der Waals surface area contributed by atoms with E-state index in [0.29, 0.717) is 16.0 Å². The zero-order valence-electron chi connectivity index (χ0n) is 17.0. The van der Waals surface area contributed by atoms with Crippen molar-refractivity contribution in [3.05, 3.63) is 72.7 Å². The van der Waals surface area contributed by atoms with Crippen LogP contribution in [0.25, 0.3) is 11.1 Å². The summed E-state index contributed by atoms with van der Waals surface area (Å²) in [5, 5.41) is 2.37. The second-order valence-corrected chi connectivity index (χ2v) is 7.20. The molecule has 1 aliphatic rings. The molecule has 3 aromatic rings. The van der Waals surface area contributed by atoms with Gasteiger partial charge in [0.1, 0.15) is 6.04 Å². The molecule has 10 heteroatoms. The first kappa shape index (κ1) is 22.1. The summed E-state index contributed by atoms with van der Waals surface area (Å²) in [5.41, 5.74) is 0.977. The van der Waals surface area contributed by atoms with E-state index in [1.165, 1.54) is 36.6 Å². The van der Waals surface area contributed by atoms with Crippen molar-refractivity contribution in [2.24, 2.45) is 0 Å². The Morgan fingerprint density at radius 1 is 1.06 bits per heavy atom. The zero-order valence-corrected chi connectivity index (χ0v) is 17.0. The molecule has 1 aromatic heterocycles. The zero-order chi connectivity index (χ0) is 23.6. The van der Waals surface area contributed by atoms with Gasteiger partial charge in [-0.3, -0.25) is 14.5 Å². The van der Waals surface area contributed by atoms with E-state index in [1.54, 1.807) is 30.3 Å². The average Bonchev–Trinajstić information content (AvgIpc) is 3.22. The Labute approximate surface area is 185 Å². The van der Waals surface area contributed by atoms with E-state index in [9.17, 15) is 27.6 Å². The van der Waals surface area contributed by atoms with E-state index >= 15 is 0 Å². The number of benzene rings is 2. The largest absolute Gasteiger partial charge is 0.457 e. The van der Waals surface area contributed by atoms with Crippen LogP contribution < -0.4 is 10.2 Å². The van der Waals surface area contributed by atoms with Crippen molar-refractivity contribution in [3.8, 4) is 11.1 Å². The number of rotatable bonds is 4. The number of para-hydroxylation sites is 2. The average molecular weight is 458 g/mol. The molecule has 0 spiro atoms. The predicted molar refractivity (Wildman–Crippen MR) is 111 cm³/mol. The van der Waals surface area contributed by atoms with Crippen LogP contribution in [-0.2, 0) is 14.3 Å². The second kappa shape index (κ2) is 8.81. The predicted octanol–water partition coefficient (Wildman–Crippen LogP) is 4.41. The molecule has 1 aliphatic heterocycles. The molecular weight excluding hydrogens is 441 g/mol. The number of furan rings is 1. The number of hydrogen-bond acceptors (Lipinski definition) is 5. The molecule has 0 bridgehead atoms. The van der Waals surface area contributed by atoms with E-state index in [-0.39, 0.29) is 17.1 Å². The first-order valence-electron chi connectivity index (χ1n) is 9.83. The molecule has 0 saturated heterocycles. The monoisotopic (exact) mass is 458 g/mol. The maximum atomic E-state index is 13.8. The molecule has 4 rings (SSSR count). The van der Waals surface area contributed by atoms with Gasteiger partial charge in [0.15, 0.2) is 6.61 Å². The maximum absolute atomic E-state index is 13.8. The molecule has 0 fully saturated rings. The van der Waals surface area contributed by atoms with Gasteiger partial charge in [0.2, 0.25) is 11.7 Å². The minimum Gasteiger partial charge on any atom is -0.457 e. The van der Waals surface area contributed by atoms with Crippen LogP contribution in [0.3, 0.4) is 0 Å². The lowest BCUT2D eigenvalue weighted by Crippen LogP contribution is -2.51. The van der Waals surface area contributed by atoms with E-state index in [0.717, 1.165) is 0 Å². The van der Waals surface area contributed by atoms with Gasteiger partial charge in [-0.15, -0.1) is 0 Å². The lowest BCUT2D eigenvalue weighted by atomic mass is 10.1. The number of carbonyl (C=O) groups is 3. The van der Waals surface area contributed by atoms with Crippen LogP contribution in [0.4, 0.5) is 24.5 Å². The number of hydrogen-bond donors (Lipinski definition) is 1. The smallest absolute Gasteiger partial charge is 0.409 e. The molecule has 2 amide bonds. The highest BCUT2D eigenvalue weighted by Crippen LogP contribution is 2.37. The van der Waals surface area contributed by atoms with E-state index in [2.05, 4.69) is 5.32 Å². The van der Waals surface area contributed by atoms with Crippen molar-refractivity contribution in [1.29, 1.82) is 0 Å². The summed E-state index contributed by atoms with van der Waals surface area (Å²) in [5.74, 6) is -3.22. The molecule has 2 heterocycles. The van der Waals surface area contributed by atoms with Crippen LogP contribution in [0.5, 0.6) is 0 Å². The molecule has 0 saturated carbocycles. The molecule has 7 nitrogen and oxygen atoms in total. The molecule has 0 aliphatic carbocycles. The lowest BCUT2D eigenvalue weighted by Gasteiger charge is -2.31. The summed E-state index contributed by atoms with van der Waals surface area (Å²) >= 11 is 0. The van der Waals surface area contributed by atoms with Gasteiger partial charge in [0.25, 0.3) is 5.91 Å². The van der Waals surface area contributed by atoms with Crippen LogP contribution in [-0.4, -0.2) is 36.6 Å². The summed E-state index contributed by atoms with van der Waals surface area (Å²) in [6.45, 7) is -0.983. The molecule has 170 valence electrons. The van der Waals surface area contributed by atoms with Gasteiger partial charge in [-0.25, -0.2) is 4.79 Å². The number of anilines is 2. The fourth-order valence-corrected chi connectivity index (χ4v) is 3.57. The van der Waals surface area contributed by atoms with Crippen molar-refractivity contribution >= 4 is 29.2 Å². The highest BCUT2D eigenvalue weighted by Gasteiger charge is 2.49. The van der Waals surface area contributed by atoms with Crippen molar-refractivity contribution in [1.82, 2.24) is 0 Å². The van der Waals surface area contributed by atoms with Crippen molar-refractivity contribution in [3.63, 3.8) is 0 Å². The SMILES string of the molecule is O=C1CC(C(F)(F)F)N(C(=O)COC(=O)c2occc2-c2ccccc2)c2ccccc2N1. The van der Waals surface area contributed by atoms with Crippen LogP contribution in [0, 0.1) is 0 Å². The number of esters is 1. The van der Waals surface area contributed by atoms with Gasteiger partial charge < -0.3 is 14.5 Å². The van der Waals surface area contributed by atoms with Gasteiger partial charge in [-0.05, 0) is 23.8 Å². The van der Waals surface area contributed by atoms with Gasteiger partial charge >= 0.3 is 12.1 Å². The van der Waals surface area contributed by atoms with Gasteiger partial charge in [0, 0.05) is 5.56 Å². The number of ether oxygens (including phenoxy) is 1. The first-order valence-corrected chi connectivity index (χ1v) is 9.83. The maximum Gasteiger partial charge on any atom is 0.409 e. The van der Waals surface area contributed by atoms with Gasteiger partial charge in [-0.2, -0.15) is 13.2 Å². The third-order valence-electron chi connectivity index (χ3n) is 5.04.